The Morgan fingerprint density at radius 3 is 2.05 bits per heavy atom. The van der Waals surface area contributed by atoms with Gasteiger partial charge in [0.1, 0.15) is 11.5 Å². The van der Waals surface area contributed by atoms with Crippen molar-refractivity contribution in [2.75, 3.05) is 45.2 Å². The van der Waals surface area contributed by atoms with Gasteiger partial charge in [0.05, 0.1) is 12.8 Å². The second-order valence-electron chi connectivity index (χ2n) is 10.1. The maximum absolute atomic E-state index is 13.5. The third kappa shape index (κ3) is 6.05. The van der Waals surface area contributed by atoms with Crippen molar-refractivity contribution in [1.29, 1.82) is 0 Å². The summed E-state index contributed by atoms with van der Waals surface area (Å²) in [6.45, 7) is 2.86. The molecule has 6 nitrogen and oxygen atoms in total. The summed E-state index contributed by atoms with van der Waals surface area (Å²) < 4.78 is 129. The molecule has 1 unspecified atom stereocenters. The molecule has 1 atom stereocenters. The van der Waals surface area contributed by atoms with E-state index in [1.807, 2.05) is 7.05 Å². The van der Waals surface area contributed by atoms with Gasteiger partial charge in [-0.1, -0.05) is 6.07 Å². The highest BCUT2D eigenvalue weighted by molar-refractivity contribution is 6.03. The van der Waals surface area contributed by atoms with Gasteiger partial charge in [-0.15, -0.1) is 13.2 Å². The van der Waals surface area contributed by atoms with Crippen LogP contribution < -0.4 is 14.4 Å². The minimum absolute atomic E-state index is 0.0292. The first-order valence-electron chi connectivity index (χ1n) is 12.3. The number of benzene rings is 2. The van der Waals surface area contributed by atoms with Crippen LogP contribution in [0, 0.1) is 5.92 Å². The number of alkyl halides is 9. The van der Waals surface area contributed by atoms with Crippen LogP contribution in [0.1, 0.15) is 27.0 Å². The predicted octanol–water partition coefficient (Wildman–Crippen LogP) is 5.26. The normalized spacial score (nSPS) is 19.0. The molecule has 15 heteroatoms. The van der Waals surface area contributed by atoms with Crippen LogP contribution >= 0.6 is 0 Å². The van der Waals surface area contributed by atoms with Gasteiger partial charge in [0.25, 0.3) is 5.60 Å². The van der Waals surface area contributed by atoms with Crippen molar-refractivity contribution in [3.63, 3.8) is 0 Å². The molecule has 1 aliphatic heterocycles. The highest BCUT2D eigenvalue weighted by Crippen LogP contribution is 2.51. The molecule has 2 aliphatic rings. The Morgan fingerprint density at radius 1 is 0.902 bits per heavy atom. The SMILES string of the molecule is COc1cc2c(cc1N1CCN(C)CC1)CC(Cc1cc(OC(F)(F)F)cc(C(O)(C(F)(F)F)C(F)(F)F)c1)C2=O. The number of ether oxygens (including phenoxy) is 2. The molecule has 0 radical (unpaired) electrons. The Kier molecular flexibility index (Phi) is 7.93. The number of piperazine rings is 1. The average Bonchev–Trinajstić information content (AvgIpc) is 3.14. The highest BCUT2D eigenvalue weighted by Gasteiger charge is 2.71. The fourth-order valence-electron chi connectivity index (χ4n) is 5.16. The molecule has 0 spiro atoms. The molecule has 1 saturated heterocycles. The number of carbonyl (C=O) groups excluding carboxylic acids is 1. The molecule has 0 amide bonds. The molecular formula is C26H25F9N2O4. The third-order valence-electron chi connectivity index (χ3n) is 7.27. The Labute approximate surface area is 228 Å². The van der Waals surface area contributed by atoms with E-state index in [0.717, 1.165) is 13.1 Å². The maximum atomic E-state index is 13.5. The van der Waals surface area contributed by atoms with Crippen LogP contribution in [0.2, 0.25) is 0 Å². The number of carbonyl (C=O) groups is 1. The Hall–Kier alpha value is -3.20. The Bertz CT molecular complexity index is 1290. The first-order chi connectivity index (χ1) is 18.8. The number of likely N-dealkylation sites (N-methyl/N-ethyl adjacent to an activating group) is 1. The standard InChI is InChI=1S/C26H25F9N2O4/c1-36-3-5-37(6-4-36)20-11-15-10-16(22(38)19(15)13-21(20)40-2)7-14-8-17(12-18(9-14)41-26(33,34)35)23(39,24(27,28)29)25(30,31)32/h8-9,11-13,16,39H,3-7,10H2,1-2H3. The number of rotatable bonds is 6. The lowest BCUT2D eigenvalue weighted by atomic mass is 9.88. The van der Waals surface area contributed by atoms with Gasteiger partial charge in [-0.3, -0.25) is 4.79 Å². The minimum atomic E-state index is -6.34. The van der Waals surface area contributed by atoms with E-state index in [9.17, 15) is 49.4 Å². The van der Waals surface area contributed by atoms with Crippen molar-refractivity contribution in [1.82, 2.24) is 4.90 Å². The van der Waals surface area contributed by atoms with Gasteiger partial charge < -0.3 is 24.4 Å². The van der Waals surface area contributed by atoms with Gasteiger partial charge in [-0.2, -0.15) is 26.3 Å². The summed E-state index contributed by atoms with van der Waals surface area (Å²) in [6.07, 6.45) is -18.6. The van der Waals surface area contributed by atoms with Crippen LogP contribution in [-0.4, -0.2) is 74.8 Å². The summed E-state index contributed by atoms with van der Waals surface area (Å²) in [6, 6.07) is 3.95. The number of fused-ring (bicyclic) bond motifs is 1. The van der Waals surface area contributed by atoms with Crippen molar-refractivity contribution >= 4 is 11.5 Å². The first-order valence-corrected chi connectivity index (χ1v) is 12.3. The molecule has 0 saturated carbocycles. The Balaban J connectivity index is 1.70. The monoisotopic (exact) mass is 600 g/mol. The van der Waals surface area contributed by atoms with Crippen molar-refractivity contribution in [2.24, 2.45) is 5.92 Å². The van der Waals surface area contributed by atoms with Gasteiger partial charge >= 0.3 is 18.7 Å². The van der Waals surface area contributed by atoms with Crippen LogP contribution in [0.25, 0.3) is 0 Å². The molecule has 2 aromatic rings. The van der Waals surface area contributed by atoms with Crippen LogP contribution in [0.15, 0.2) is 30.3 Å². The lowest BCUT2D eigenvalue weighted by Gasteiger charge is -2.35. The molecule has 1 N–H and O–H groups in total. The fraction of sp³-hybridized carbons (Fsp3) is 0.500. The van der Waals surface area contributed by atoms with E-state index >= 15 is 0 Å². The van der Waals surface area contributed by atoms with Gasteiger partial charge in [0, 0.05) is 43.2 Å². The van der Waals surface area contributed by atoms with Crippen LogP contribution in [0.5, 0.6) is 11.5 Å². The average molecular weight is 600 g/mol. The van der Waals surface area contributed by atoms with Crippen LogP contribution in [-0.2, 0) is 18.4 Å². The summed E-state index contributed by atoms with van der Waals surface area (Å²) in [5, 5.41) is 9.81. The number of hydrogen-bond donors (Lipinski definition) is 1. The fourth-order valence-corrected chi connectivity index (χ4v) is 5.16. The van der Waals surface area contributed by atoms with Crippen LogP contribution in [0.3, 0.4) is 0 Å². The van der Waals surface area contributed by atoms with E-state index in [1.54, 1.807) is 6.07 Å². The van der Waals surface area contributed by atoms with Crippen molar-refractivity contribution in [2.45, 2.75) is 37.2 Å². The predicted molar refractivity (Wildman–Crippen MR) is 127 cm³/mol. The number of hydrogen-bond acceptors (Lipinski definition) is 6. The van der Waals surface area contributed by atoms with E-state index in [2.05, 4.69) is 14.5 Å². The molecule has 2 aromatic carbocycles. The zero-order valence-corrected chi connectivity index (χ0v) is 21.7. The third-order valence-corrected chi connectivity index (χ3v) is 7.27. The van der Waals surface area contributed by atoms with E-state index in [-0.39, 0.29) is 24.1 Å². The smallest absolute Gasteiger partial charge is 0.495 e. The summed E-state index contributed by atoms with van der Waals surface area (Å²) in [5.41, 5.74) is -6.42. The number of aliphatic hydroxyl groups is 1. The maximum Gasteiger partial charge on any atom is 0.573 e. The van der Waals surface area contributed by atoms with E-state index in [4.69, 9.17) is 4.74 Å². The molecule has 41 heavy (non-hydrogen) atoms. The van der Waals surface area contributed by atoms with Crippen LogP contribution in [0.4, 0.5) is 45.2 Å². The van der Waals surface area contributed by atoms with Gasteiger partial charge in [-0.05, 0) is 55.3 Å². The number of methoxy groups -OCH3 is 1. The molecule has 0 aromatic heterocycles. The van der Waals surface area contributed by atoms with Crippen molar-refractivity contribution in [3.05, 3.63) is 52.6 Å². The number of ketones is 1. The van der Waals surface area contributed by atoms with Gasteiger partial charge in [0.2, 0.25) is 0 Å². The quantitative estimate of drug-likeness (QED) is 0.457. The lowest BCUT2D eigenvalue weighted by molar-refractivity contribution is -0.376. The second kappa shape index (κ2) is 10.6. The topological polar surface area (TPSA) is 62.2 Å². The molecule has 1 heterocycles. The summed E-state index contributed by atoms with van der Waals surface area (Å²) in [5.74, 6) is -2.53. The molecule has 1 fully saturated rings. The zero-order chi connectivity index (χ0) is 30.5. The summed E-state index contributed by atoms with van der Waals surface area (Å²) >= 11 is 0. The van der Waals surface area contributed by atoms with Crippen molar-refractivity contribution in [3.8, 4) is 11.5 Å². The van der Waals surface area contributed by atoms with Gasteiger partial charge in [0.15, 0.2) is 5.78 Å². The second-order valence-corrected chi connectivity index (χ2v) is 10.1. The van der Waals surface area contributed by atoms with E-state index in [1.165, 1.54) is 13.2 Å². The number of halogens is 9. The molecule has 1 aliphatic carbocycles. The summed E-state index contributed by atoms with van der Waals surface area (Å²) in [7, 11) is 3.37. The first kappa shape index (κ1) is 30.8. The van der Waals surface area contributed by atoms with E-state index < -0.39 is 59.3 Å². The molecule has 226 valence electrons. The number of nitrogens with zero attached hydrogens (tertiary/aromatic N) is 2. The van der Waals surface area contributed by atoms with E-state index in [0.29, 0.717) is 36.2 Å². The molecule has 0 bridgehead atoms. The zero-order valence-electron chi connectivity index (χ0n) is 21.7. The number of anilines is 1. The largest absolute Gasteiger partial charge is 0.573 e. The Morgan fingerprint density at radius 2 is 1.51 bits per heavy atom. The lowest BCUT2D eigenvalue weighted by Crippen LogP contribution is -2.54. The molecular weight excluding hydrogens is 575 g/mol. The highest BCUT2D eigenvalue weighted by atomic mass is 19.4. The van der Waals surface area contributed by atoms with Crippen molar-refractivity contribution < 1.29 is 58.9 Å². The molecule has 4 rings (SSSR count). The van der Waals surface area contributed by atoms with Gasteiger partial charge in [-0.25, -0.2) is 0 Å². The summed E-state index contributed by atoms with van der Waals surface area (Å²) in [4.78, 5) is 17.4. The number of Topliss-reactive ketones (excluding diaryl/α,β-unsaturated/α-hetero) is 1. The minimum Gasteiger partial charge on any atom is -0.495 e.